The molecule has 1 aromatic carbocycles. The molecule has 0 heterocycles. The SMILES string of the molecule is CCCN(CCC)CCCC(=O)Nc1ccc(OC)c(N)c1.Cl.Cl. The number of benzene rings is 1. The van der Waals surface area contributed by atoms with Gasteiger partial charge in [0, 0.05) is 12.1 Å². The van der Waals surface area contributed by atoms with E-state index in [2.05, 4.69) is 24.1 Å². The van der Waals surface area contributed by atoms with Crippen molar-refractivity contribution in [2.45, 2.75) is 39.5 Å². The van der Waals surface area contributed by atoms with Crippen LogP contribution in [0.1, 0.15) is 39.5 Å². The molecule has 3 N–H and O–H groups in total. The Morgan fingerprint density at radius 2 is 1.79 bits per heavy atom. The summed E-state index contributed by atoms with van der Waals surface area (Å²) in [5.74, 6) is 0.644. The zero-order chi connectivity index (χ0) is 16.4. The van der Waals surface area contributed by atoms with Crippen molar-refractivity contribution in [3.63, 3.8) is 0 Å². The molecule has 0 fully saturated rings. The van der Waals surface area contributed by atoms with Crippen molar-refractivity contribution in [3.8, 4) is 5.75 Å². The Morgan fingerprint density at radius 1 is 1.17 bits per heavy atom. The van der Waals surface area contributed by atoms with Crippen LogP contribution in [0.4, 0.5) is 11.4 Å². The summed E-state index contributed by atoms with van der Waals surface area (Å²) in [6, 6.07) is 5.28. The first-order chi connectivity index (χ1) is 10.6. The van der Waals surface area contributed by atoms with Crippen molar-refractivity contribution in [3.05, 3.63) is 18.2 Å². The number of amides is 1. The number of nitrogens with zero attached hydrogens (tertiary/aromatic N) is 1. The van der Waals surface area contributed by atoms with Crippen molar-refractivity contribution in [2.24, 2.45) is 0 Å². The van der Waals surface area contributed by atoms with E-state index >= 15 is 0 Å². The van der Waals surface area contributed by atoms with E-state index in [0.29, 0.717) is 23.5 Å². The summed E-state index contributed by atoms with van der Waals surface area (Å²) in [5, 5.41) is 2.88. The van der Waals surface area contributed by atoms with Gasteiger partial charge >= 0.3 is 0 Å². The number of nitrogens with one attached hydrogen (secondary N) is 1. The molecule has 0 aromatic heterocycles. The average Bonchev–Trinajstić information content (AvgIpc) is 2.48. The average molecular weight is 380 g/mol. The van der Waals surface area contributed by atoms with E-state index in [1.807, 2.05) is 0 Å². The molecule has 5 nitrogen and oxygen atoms in total. The Morgan fingerprint density at radius 3 is 2.29 bits per heavy atom. The van der Waals surface area contributed by atoms with Crippen LogP contribution in [-0.2, 0) is 4.79 Å². The number of anilines is 2. The van der Waals surface area contributed by atoms with Gasteiger partial charge in [0.1, 0.15) is 5.75 Å². The molecule has 0 spiro atoms. The van der Waals surface area contributed by atoms with Crippen molar-refractivity contribution >= 4 is 42.1 Å². The Balaban J connectivity index is 0. The van der Waals surface area contributed by atoms with Crippen LogP contribution < -0.4 is 15.8 Å². The third kappa shape index (κ3) is 9.21. The molecule has 1 amide bonds. The molecule has 0 aliphatic carbocycles. The Kier molecular flexibility index (Phi) is 14.8. The van der Waals surface area contributed by atoms with Gasteiger partial charge in [-0.05, 0) is 57.1 Å². The lowest BCUT2D eigenvalue weighted by molar-refractivity contribution is -0.116. The molecule has 0 saturated carbocycles. The van der Waals surface area contributed by atoms with Gasteiger partial charge in [0.05, 0.1) is 12.8 Å². The van der Waals surface area contributed by atoms with Crippen LogP contribution in [0.15, 0.2) is 18.2 Å². The Labute approximate surface area is 158 Å². The van der Waals surface area contributed by atoms with Crippen LogP contribution in [-0.4, -0.2) is 37.6 Å². The quantitative estimate of drug-likeness (QED) is 0.603. The maximum absolute atomic E-state index is 12.0. The number of methoxy groups -OCH3 is 1. The second-order valence-corrected chi connectivity index (χ2v) is 5.45. The topological polar surface area (TPSA) is 67.6 Å². The number of hydrogen-bond acceptors (Lipinski definition) is 4. The summed E-state index contributed by atoms with van der Waals surface area (Å²) in [4.78, 5) is 14.4. The van der Waals surface area contributed by atoms with E-state index in [1.165, 1.54) is 0 Å². The third-order valence-corrected chi connectivity index (χ3v) is 3.47. The van der Waals surface area contributed by atoms with Gasteiger partial charge in [-0.25, -0.2) is 0 Å². The number of nitrogen functional groups attached to an aromatic ring is 1. The molecule has 0 saturated heterocycles. The summed E-state index contributed by atoms with van der Waals surface area (Å²) in [7, 11) is 1.57. The number of carbonyl (C=O) groups is 1. The van der Waals surface area contributed by atoms with Gasteiger partial charge in [0.15, 0.2) is 0 Å². The summed E-state index contributed by atoms with van der Waals surface area (Å²) >= 11 is 0. The molecule has 0 unspecified atom stereocenters. The van der Waals surface area contributed by atoms with E-state index in [9.17, 15) is 4.79 Å². The van der Waals surface area contributed by atoms with Crippen molar-refractivity contribution in [1.29, 1.82) is 0 Å². The lowest BCUT2D eigenvalue weighted by atomic mass is 10.2. The number of carbonyl (C=O) groups excluding carboxylic acids is 1. The summed E-state index contributed by atoms with van der Waals surface area (Å²) < 4.78 is 5.10. The van der Waals surface area contributed by atoms with Crippen molar-refractivity contribution in [1.82, 2.24) is 4.90 Å². The van der Waals surface area contributed by atoms with Gasteiger partial charge in [-0.15, -0.1) is 24.8 Å². The van der Waals surface area contributed by atoms with Gasteiger partial charge in [0.2, 0.25) is 5.91 Å². The zero-order valence-corrected chi connectivity index (χ0v) is 16.5. The highest BCUT2D eigenvalue weighted by Crippen LogP contribution is 2.24. The van der Waals surface area contributed by atoms with Crippen LogP contribution in [0.5, 0.6) is 5.75 Å². The molecule has 0 aliphatic heterocycles. The normalized spacial score (nSPS) is 9.83. The van der Waals surface area contributed by atoms with E-state index in [4.69, 9.17) is 10.5 Å². The van der Waals surface area contributed by atoms with Gasteiger partial charge in [-0.2, -0.15) is 0 Å². The van der Waals surface area contributed by atoms with Crippen LogP contribution in [0.2, 0.25) is 0 Å². The lowest BCUT2D eigenvalue weighted by Crippen LogP contribution is -2.27. The standard InChI is InChI=1S/C17H29N3O2.2ClH/c1-4-10-20(11-5-2)12-6-7-17(21)19-14-8-9-16(22-3)15(18)13-14;;/h8-9,13H,4-7,10-12,18H2,1-3H3,(H,19,21);2*1H. The van der Waals surface area contributed by atoms with Gasteiger partial charge in [0.25, 0.3) is 0 Å². The minimum Gasteiger partial charge on any atom is -0.495 e. The fourth-order valence-corrected chi connectivity index (χ4v) is 2.47. The van der Waals surface area contributed by atoms with Crippen molar-refractivity contribution in [2.75, 3.05) is 37.8 Å². The van der Waals surface area contributed by atoms with Crippen LogP contribution in [0.3, 0.4) is 0 Å². The number of halogens is 2. The van der Waals surface area contributed by atoms with Gasteiger partial charge in [-0.1, -0.05) is 13.8 Å². The van der Waals surface area contributed by atoms with Gasteiger partial charge in [-0.3, -0.25) is 4.79 Å². The number of nitrogens with two attached hydrogens (primary N) is 1. The van der Waals surface area contributed by atoms with Crippen LogP contribution >= 0.6 is 24.8 Å². The molecule has 0 bridgehead atoms. The highest BCUT2D eigenvalue weighted by Gasteiger charge is 2.07. The number of hydrogen-bond donors (Lipinski definition) is 2. The van der Waals surface area contributed by atoms with Crippen LogP contribution in [0.25, 0.3) is 0 Å². The first-order valence-electron chi connectivity index (χ1n) is 8.06. The predicted octanol–water partition coefficient (Wildman–Crippen LogP) is 3.96. The first kappa shape index (κ1) is 25.1. The lowest BCUT2D eigenvalue weighted by Gasteiger charge is -2.20. The smallest absolute Gasteiger partial charge is 0.224 e. The molecule has 0 radical (unpaired) electrons. The number of ether oxygens (including phenoxy) is 1. The summed E-state index contributed by atoms with van der Waals surface area (Å²) in [5.41, 5.74) is 7.07. The molecule has 7 heteroatoms. The van der Waals surface area contributed by atoms with E-state index < -0.39 is 0 Å². The summed E-state index contributed by atoms with van der Waals surface area (Å²) in [6.45, 7) is 7.54. The molecular formula is C17H31Cl2N3O2. The highest BCUT2D eigenvalue weighted by molar-refractivity contribution is 5.91. The predicted molar refractivity (Wildman–Crippen MR) is 107 cm³/mol. The van der Waals surface area contributed by atoms with Crippen LogP contribution in [0, 0.1) is 0 Å². The highest BCUT2D eigenvalue weighted by atomic mass is 35.5. The Bertz CT molecular complexity index is 467. The molecule has 1 rings (SSSR count). The molecular weight excluding hydrogens is 349 g/mol. The maximum Gasteiger partial charge on any atom is 0.224 e. The maximum atomic E-state index is 12.0. The fraction of sp³-hybridized carbons (Fsp3) is 0.588. The first-order valence-corrected chi connectivity index (χ1v) is 8.06. The minimum absolute atomic E-state index is 0. The molecule has 0 aliphatic rings. The minimum atomic E-state index is 0. The second kappa shape index (κ2) is 14.2. The van der Waals surface area contributed by atoms with E-state index in [-0.39, 0.29) is 30.7 Å². The largest absolute Gasteiger partial charge is 0.495 e. The molecule has 0 atom stereocenters. The third-order valence-electron chi connectivity index (χ3n) is 3.47. The van der Waals surface area contributed by atoms with Crippen molar-refractivity contribution < 1.29 is 9.53 Å². The van der Waals surface area contributed by atoms with Gasteiger partial charge < -0.3 is 20.7 Å². The Hall–Kier alpha value is -1.17. The summed E-state index contributed by atoms with van der Waals surface area (Å²) in [6.07, 6.45) is 3.70. The molecule has 1 aromatic rings. The number of rotatable bonds is 10. The fourth-order valence-electron chi connectivity index (χ4n) is 2.47. The van der Waals surface area contributed by atoms with E-state index in [1.54, 1.807) is 25.3 Å². The van der Waals surface area contributed by atoms with E-state index in [0.717, 1.165) is 38.9 Å². The monoisotopic (exact) mass is 379 g/mol. The zero-order valence-electron chi connectivity index (χ0n) is 14.8. The second-order valence-electron chi connectivity index (χ2n) is 5.45. The molecule has 140 valence electrons. The molecule has 24 heavy (non-hydrogen) atoms.